The van der Waals surface area contributed by atoms with Crippen LogP contribution in [0.25, 0.3) is 21.3 Å². The molecule has 0 amide bonds. The Morgan fingerprint density at radius 2 is 1.86 bits per heavy atom. The summed E-state index contributed by atoms with van der Waals surface area (Å²) >= 11 is 1.51. The third-order valence-corrected chi connectivity index (χ3v) is 6.76. The molecule has 5 nitrogen and oxygen atoms in total. The smallest absolute Gasteiger partial charge is 0.329 e. The van der Waals surface area contributed by atoms with Crippen LogP contribution in [0, 0.1) is 13.8 Å². The number of rotatable bonds is 4. The second-order valence-electron chi connectivity index (χ2n) is 7.91. The molecule has 4 rings (SSSR count). The van der Waals surface area contributed by atoms with E-state index < -0.39 is 6.04 Å². The van der Waals surface area contributed by atoms with Crippen LogP contribution in [-0.4, -0.2) is 21.6 Å². The molecule has 0 bridgehead atoms. The second-order valence-corrected chi connectivity index (χ2v) is 9.11. The van der Waals surface area contributed by atoms with Crippen molar-refractivity contribution in [3.63, 3.8) is 0 Å². The number of carbonyl (C=O) groups excluding carboxylic acids is 1. The molecule has 1 fully saturated rings. The lowest BCUT2D eigenvalue weighted by Gasteiger charge is -2.24. The molecule has 1 atom stereocenters. The Bertz CT molecular complexity index is 1090. The van der Waals surface area contributed by atoms with Gasteiger partial charge in [-0.1, -0.05) is 36.2 Å². The number of aryl methyl sites for hydroxylation is 2. The monoisotopic (exact) mass is 410 g/mol. The summed E-state index contributed by atoms with van der Waals surface area (Å²) in [6, 6.07) is 7.43. The number of thiophene rings is 1. The molecule has 0 spiro atoms. The van der Waals surface area contributed by atoms with Gasteiger partial charge in [0.25, 0.3) is 5.56 Å². The first-order valence-electron chi connectivity index (χ1n) is 10.2. The van der Waals surface area contributed by atoms with Gasteiger partial charge in [0.05, 0.1) is 11.7 Å². The molecule has 3 aromatic rings. The topological polar surface area (TPSA) is 61.2 Å². The zero-order chi connectivity index (χ0) is 20.5. The highest BCUT2D eigenvalue weighted by molar-refractivity contribution is 7.19. The first-order chi connectivity index (χ1) is 14.0. The number of benzene rings is 1. The maximum Gasteiger partial charge on any atom is 0.329 e. The summed E-state index contributed by atoms with van der Waals surface area (Å²) in [6.07, 6.45) is 6.65. The van der Waals surface area contributed by atoms with Crippen LogP contribution < -0.4 is 5.56 Å². The lowest BCUT2D eigenvalue weighted by molar-refractivity contribution is -0.154. The van der Waals surface area contributed by atoms with Crippen LogP contribution in [0.4, 0.5) is 0 Å². The summed E-state index contributed by atoms with van der Waals surface area (Å²) < 4.78 is 7.10. The number of ether oxygens (including phenoxy) is 1. The van der Waals surface area contributed by atoms with Gasteiger partial charge in [0.1, 0.15) is 17.0 Å². The third kappa shape index (κ3) is 3.86. The molecule has 0 radical (unpaired) electrons. The maximum atomic E-state index is 13.4. The summed E-state index contributed by atoms with van der Waals surface area (Å²) in [7, 11) is 0. The molecular formula is C23H26N2O3S. The van der Waals surface area contributed by atoms with Gasteiger partial charge < -0.3 is 4.74 Å². The quantitative estimate of drug-likeness (QED) is 0.556. The van der Waals surface area contributed by atoms with Crippen LogP contribution in [0.5, 0.6) is 0 Å². The molecule has 1 saturated carbocycles. The van der Waals surface area contributed by atoms with E-state index in [0.717, 1.165) is 41.7 Å². The summed E-state index contributed by atoms with van der Waals surface area (Å²) in [4.78, 5) is 32.3. The van der Waals surface area contributed by atoms with E-state index in [0.29, 0.717) is 10.2 Å². The predicted octanol–water partition coefficient (Wildman–Crippen LogP) is 5.18. The van der Waals surface area contributed by atoms with Crippen molar-refractivity contribution in [2.45, 2.75) is 65.0 Å². The van der Waals surface area contributed by atoms with Crippen molar-refractivity contribution < 1.29 is 9.53 Å². The van der Waals surface area contributed by atoms with E-state index in [2.05, 4.69) is 4.98 Å². The minimum atomic E-state index is -0.701. The van der Waals surface area contributed by atoms with Gasteiger partial charge in [0, 0.05) is 10.4 Å². The summed E-state index contributed by atoms with van der Waals surface area (Å²) in [5.41, 5.74) is 2.88. The summed E-state index contributed by atoms with van der Waals surface area (Å²) in [5.74, 6) is -0.357. The van der Waals surface area contributed by atoms with Gasteiger partial charge in [0.2, 0.25) is 0 Å². The molecule has 1 aromatic carbocycles. The van der Waals surface area contributed by atoms with E-state index >= 15 is 0 Å². The maximum absolute atomic E-state index is 13.4. The Morgan fingerprint density at radius 1 is 1.17 bits per heavy atom. The zero-order valence-corrected chi connectivity index (χ0v) is 17.9. The summed E-state index contributed by atoms with van der Waals surface area (Å²) in [5, 5.41) is 0.580. The fourth-order valence-electron chi connectivity index (χ4n) is 4.02. The number of fused-ring (bicyclic) bond motifs is 1. The molecule has 152 valence electrons. The number of aromatic nitrogens is 2. The van der Waals surface area contributed by atoms with Crippen LogP contribution in [0.15, 0.2) is 35.4 Å². The largest absolute Gasteiger partial charge is 0.461 e. The molecule has 1 unspecified atom stereocenters. The predicted molar refractivity (Wildman–Crippen MR) is 116 cm³/mol. The van der Waals surface area contributed by atoms with Crippen LogP contribution in [-0.2, 0) is 9.53 Å². The Hall–Kier alpha value is -2.47. The molecule has 1 aliphatic carbocycles. The lowest BCUT2D eigenvalue weighted by Crippen LogP contribution is -2.32. The first kappa shape index (κ1) is 19.8. The van der Waals surface area contributed by atoms with E-state index in [1.54, 1.807) is 6.92 Å². The van der Waals surface area contributed by atoms with E-state index in [-0.39, 0.29) is 17.6 Å². The highest BCUT2D eigenvalue weighted by Crippen LogP contribution is 2.35. The highest BCUT2D eigenvalue weighted by atomic mass is 32.1. The number of carbonyl (C=O) groups is 1. The minimum Gasteiger partial charge on any atom is -0.461 e. The van der Waals surface area contributed by atoms with Gasteiger partial charge in [-0.25, -0.2) is 9.78 Å². The van der Waals surface area contributed by atoms with Gasteiger partial charge in [-0.15, -0.1) is 11.3 Å². The molecule has 6 heteroatoms. The fourth-order valence-corrected chi connectivity index (χ4v) is 5.02. The average molecular weight is 411 g/mol. The minimum absolute atomic E-state index is 0.0300. The van der Waals surface area contributed by atoms with Gasteiger partial charge in [-0.2, -0.15) is 0 Å². The Labute approximate surface area is 174 Å². The van der Waals surface area contributed by atoms with Crippen molar-refractivity contribution in [1.82, 2.24) is 9.55 Å². The van der Waals surface area contributed by atoms with Gasteiger partial charge >= 0.3 is 5.97 Å². The zero-order valence-electron chi connectivity index (χ0n) is 17.1. The molecule has 29 heavy (non-hydrogen) atoms. The highest BCUT2D eigenvalue weighted by Gasteiger charge is 2.25. The molecule has 2 heterocycles. The number of hydrogen-bond acceptors (Lipinski definition) is 5. The first-order valence-corrected chi connectivity index (χ1v) is 11.0. The van der Waals surface area contributed by atoms with Crippen molar-refractivity contribution in [3.05, 3.63) is 51.4 Å². The van der Waals surface area contributed by atoms with Gasteiger partial charge in [-0.05, 0) is 52.0 Å². The Morgan fingerprint density at radius 3 is 2.55 bits per heavy atom. The van der Waals surface area contributed by atoms with Crippen molar-refractivity contribution in [3.8, 4) is 11.1 Å². The Balaban J connectivity index is 1.71. The Kier molecular flexibility index (Phi) is 5.54. The molecule has 0 saturated heterocycles. The van der Waals surface area contributed by atoms with Crippen LogP contribution >= 0.6 is 11.3 Å². The molecular weight excluding hydrogens is 384 g/mol. The average Bonchev–Trinajstić information content (AvgIpc) is 3.06. The van der Waals surface area contributed by atoms with Crippen LogP contribution in [0.3, 0.4) is 0 Å². The number of hydrogen-bond donors (Lipinski definition) is 0. The van der Waals surface area contributed by atoms with E-state index in [4.69, 9.17) is 4.74 Å². The molecule has 2 aromatic heterocycles. The van der Waals surface area contributed by atoms with Gasteiger partial charge in [-0.3, -0.25) is 9.36 Å². The van der Waals surface area contributed by atoms with E-state index in [9.17, 15) is 9.59 Å². The second kappa shape index (κ2) is 8.11. The van der Waals surface area contributed by atoms with Crippen molar-refractivity contribution in [2.24, 2.45) is 0 Å². The number of esters is 1. The third-order valence-electron chi connectivity index (χ3n) is 5.75. The van der Waals surface area contributed by atoms with Crippen molar-refractivity contribution >= 4 is 27.5 Å². The fraction of sp³-hybridized carbons (Fsp3) is 0.435. The standard InChI is InChI=1S/C23H26N2O3S/c1-14-9-11-17(12-10-14)19-16(3)29-21-20(19)22(26)25(13-24-21)15(2)23(27)28-18-7-5-4-6-8-18/h9-13,15,18H,4-8H2,1-3H3. The van der Waals surface area contributed by atoms with Crippen LogP contribution in [0.2, 0.25) is 0 Å². The summed E-state index contributed by atoms with van der Waals surface area (Å²) in [6.45, 7) is 5.76. The van der Waals surface area contributed by atoms with Gasteiger partial charge in [0.15, 0.2) is 0 Å². The SMILES string of the molecule is Cc1ccc(-c2c(C)sc3ncn(C(C)C(=O)OC4CCCCC4)c(=O)c23)cc1. The molecule has 0 N–H and O–H groups in total. The van der Waals surface area contributed by atoms with Crippen LogP contribution in [0.1, 0.15) is 55.5 Å². The lowest BCUT2D eigenvalue weighted by atomic mass is 9.98. The van der Waals surface area contributed by atoms with Crippen molar-refractivity contribution in [1.29, 1.82) is 0 Å². The van der Waals surface area contributed by atoms with E-state index in [1.165, 1.54) is 34.2 Å². The molecule has 0 aliphatic heterocycles. The molecule has 1 aliphatic rings. The number of nitrogens with zero attached hydrogens (tertiary/aromatic N) is 2. The van der Waals surface area contributed by atoms with E-state index in [1.807, 2.05) is 38.1 Å². The van der Waals surface area contributed by atoms with Crippen molar-refractivity contribution in [2.75, 3.05) is 0 Å². The normalized spacial score (nSPS) is 16.1.